The molecule has 0 aliphatic carbocycles. The predicted octanol–water partition coefficient (Wildman–Crippen LogP) is 3.46. The summed E-state index contributed by atoms with van der Waals surface area (Å²) in [7, 11) is 0. The zero-order valence-electron chi connectivity index (χ0n) is 11.9. The van der Waals surface area contributed by atoms with Crippen molar-refractivity contribution in [3.63, 3.8) is 0 Å². The molecule has 5 nitrogen and oxygen atoms in total. The number of benzene rings is 2. The lowest BCUT2D eigenvalue weighted by atomic mass is 10.0. The van der Waals surface area contributed by atoms with Crippen molar-refractivity contribution in [2.75, 3.05) is 6.61 Å². The van der Waals surface area contributed by atoms with Gasteiger partial charge in [-0.1, -0.05) is 48.0 Å². The average Bonchev–Trinajstić information content (AvgIpc) is 2.53. The van der Waals surface area contributed by atoms with E-state index in [1.165, 1.54) is 12.1 Å². The van der Waals surface area contributed by atoms with Gasteiger partial charge in [-0.05, 0) is 23.6 Å². The van der Waals surface area contributed by atoms with E-state index in [1.807, 2.05) is 30.3 Å². The fraction of sp³-hybridized carbons (Fsp3) is 0.250. The van der Waals surface area contributed by atoms with E-state index in [0.717, 1.165) is 11.1 Å². The van der Waals surface area contributed by atoms with Gasteiger partial charge in [-0.15, -0.1) is 0 Å². The van der Waals surface area contributed by atoms with Crippen LogP contribution in [0.25, 0.3) is 0 Å². The first kappa shape index (κ1) is 16.4. The zero-order chi connectivity index (χ0) is 15.9. The molecule has 116 valence electrons. The molecule has 0 spiro atoms. The Kier molecular flexibility index (Phi) is 5.89. The SMILES string of the molecule is O=[N+]([O-])c1cc(CN[C@H](CCO)c2ccccc2)ccc1Cl. The molecular weight excluding hydrogens is 304 g/mol. The van der Waals surface area contributed by atoms with E-state index >= 15 is 0 Å². The van der Waals surface area contributed by atoms with Crippen molar-refractivity contribution in [1.29, 1.82) is 0 Å². The van der Waals surface area contributed by atoms with Crippen LogP contribution in [-0.4, -0.2) is 16.6 Å². The molecule has 22 heavy (non-hydrogen) atoms. The Morgan fingerprint density at radius 3 is 2.59 bits per heavy atom. The summed E-state index contributed by atoms with van der Waals surface area (Å²) >= 11 is 5.80. The minimum absolute atomic E-state index is 0.0130. The van der Waals surface area contributed by atoms with Gasteiger partial charge in [-0.3, -0.25) is 10.1 Å². The summed E-state index contributed by atoms with van der Waals surface area (Å²) in [6.07, 6.45) is 0.569. The predicted molar refractivity (Wildman–Crippen MR) is 85.8 cm³/mol. The number of hydrogen-bond acceptors (Lipinski definition) is 4. The summed E-state index contributed by atoms with van der Waals surface area (Å²) in [5, 5.41) is 23.5. The fourth-order valence-corrected chi connectivity index (χ4v) is 2.44. The van der Waals surface area contributed by atoms with E-state index < -0.39 is 4.92 Å². The van der Waals surface area contributed by atoms with Crippen LogP contribution in [0.3, 0.4) is 0 Å². The van der Waals surface area contributed by atoms with Crippen LogP contribution < -0.4 is 5.32 Å². The molecule has 0 fully saturated rings. The summed E-state index contributed by atoms with van der Waals surface area (Å²) in [5.74, 6) is 0. The van der Waals surface area contributed by atoms with Crippen molar-refractivity contribution in [3.05, 3.63) is 74.8 Å². The van der Waals surface area contributed by atoms with Crippen LogP contribution in [0.2, 0.25) is 5.02 Å². The molecular formula is C16H17ClN2O3. The van der Waals surface area contributed by atoms with Gasteiger partial charge in [-0.25, -0.2) is 0 Å². The Labute approximate surface area is 133 Å². The van der Waals surface area contributed by atoms with Gasteiger partial charge in [0.2, 0.25) is 0 Å². The molecule has 0 unspecified atom stereocenters. The standard InChI is InChI=1S/C16H17ClN2O3/c17-14-7-6-12(10-16(14)19(21)22)11-18-15(8-9-20)13-4-2-1-3-5-13/h1-7,10,15,18,20H,8-9,11H2/t15-/m1/s1. The molecule has 0 aliphatic heterocycles. The van der Waals surface area contributed by atoms with E-state index in [1.54, 1.807) is 6.07 Å². The third-order valence-corrected chi connectivity index (χ3v) is 3.70. The first-order chi connectivity index (χ1) is 10.6. The third kappa shape index (κ3) is 4.27. The highest BCUT2D eigenvalue weighted by atomic mass is 35.5. The molecule has 2 aromatic rings. The summed E-state index contributed by atoms with van der Waals surface area (Å²) in [6.45, 7) is 0.519. The molecule has 0 radical (unpaired) electrons. The number of nitrogens with one attached hydrogen (secondary N) is 1. The molecule has 0 aliphatic rings. The molecule has 2 rings (SSSR count). The normalized spacial score (nSPS) is 12.1. The highest BCUT2D eigenvalue weighted by Gasteiger charge is 2.14. The minimum Gasteiger partial charge on any atom is -0.396 e. The van der Waals surface area contributed by atoms with Gasteiger partial charge in [-0.2, -0.15) is 0 Å². The molecule has 0 saturated heterocycles. The van der Waals surface area contributed by atoms with E-state index in [9.17, 15) is 15.2 Å². The zero-order valence-corrected chi connectivity index (χ0v) is 12.7. The lowest BCUT2D eigenvalue weighted by Crippen LogP contribution is -2.22. The van der Waals surface area contributed by atoms with Crippen molar-refractivity contribution < 1.29 is 10.0 Å². The molecule has 1 atom stereocenters. The second-order valence-electron chi connectivity index (χ2n) is 4.90. The van der Waals surface area contributed by atoms with Gasteiger partial charge in [0.15, 0.2) is 0 Å². The number of aliphatic hydroxyl groups excluding tert-OH is 1. The van der Waals surface area contributed by atoms with Crippen LogP contribution in [0.5, 0.6) is 0 Å². The van der Waals surface area contributed by atoms with Crippen molar-refractivity contribution in [2.45, 2.75) is 19.0 Å². The van der Waals surface area contributed by atoms with Crippen LogP contribution in [0.1, 0.15) is 23.6 Å². The number of halogens is 1. The smallest absolute Gasteiger partial charge is 0.288 e. The van der Waals surface area contributed by atoms with Crippen molar-refractivity contribution in [3.8, 4) is 0 Å². The lowest BCUT2D eigenvalue weighted by Gasteiger charge is -2.18. The first-order valence-corrected chi connectivity index (χ1v) is 7.31. The minimum atomic E-state index is -0.492. The topological polar surface area (TPSA) is 75.4 Å². The Morgan fingerprint density at radius 2 is 1.95 bits per heavy atom. The average molecular weight is 321 g/mol. The van der Waals surface area contributed by atoms with Crippen molar-refractivity contribution in [1.82, 2.24) is 5.32 Å². The quantitative estimate of drug-likeness (QED) is 0.605. The summed E-state index contributed by atoms with van der Waals surface area (Å²) in [5.41, 5.74) is 1.74. The maximum atomic E-state index is 10.9. The van der Waals surface area contributed by atoms with Gasteiger partial charge >= 0.3 is 0 Å². The molecule has 2 aromatic carbocycles. The summed E-state index contributed by atoms with van der Waals surface area (Å²) < 4.78 is 0. The van der Waals surface area contributed by atoms with Crippen LogP contribution in [0.4, 0.5) is 5.69 Å². The van der Waals surface area contributed by atoms with Gasteiger partial charge in [0.1, 0.15) is 5.02 Å². The van der Waals surface area contributed by atoms with E-state index in [4.69, 9.17) is 11.6 Å². The van der Waals surface area contributed by atoms with Gasteiger partial charge in [0, 0.05) is 25.3 Å². The molecule has 0 heterocycles. The summed E-state index contributed by atoms with van der Waals surface area (Å²) in [4.78, 5) is 10.4. The summed E-state index contributed by atoms with van der Waals surface area (Å²) in [6, 6.07) is 14.5. The maximum Gasteiger partial charge on any atom is 0.288 e. The molecule has 0 amide bonds. The number of hydrogen-bond donors (Lipinski definition) is 2. The van der Waals surface area contributed by atoms with Crippen LogP contribution in [-0.2, 0) is 6.54 Å². The fourth-order valence-electron chi connectivity index (χ4n) is 2.25. The number of nitrogens with zero attached hydrogens (tertiary/aromatic N) is 1. The van der Waals surface area contributed by atoms with E-state index in [-0.39, 0.29) is 23.4 Å². The van der Waals surface area contributed by atoms with Gasteiger partial charge in [0.25, 0.3) is 5.69 Å². The van der Waals surface area contributed by atoms with Crippen LogP contribution in [0.15, 0.2) is 48.5 Å². The van der Waals surface area contributed by atoms with E-state index in [0.29, 0.717) is 13.0 Å². The largest absolute Gasteiger partial charge is 0.396 e. The number of aliphatic hydroxyl groups is 1. The highest BCUT2D eigenvalue weighted by molar-refractivity contribution is 6.32. The Morgan fingerprint density at radius 1 is 1.23 bits per heavy atom. The van der Waals surface area contributed by atoms with E-state index in [2.05, 4.69) is 5.32 Å². The first-order valence-electron chi connectivity index (χ1n) is 6.94. The molecule has 0 aromatic heterocycles. The molecule has 6 heteroatoms. The van der Waals surface area contributed by atoms with Crippen LogP contribution >= 0.6 is 11.6 Å². The van der Waals surface area contributed by atoms with Crippen molar-refractivity contribution >= 4 is 17.3 Å². The number of rotatable bonds is 7. The molecule has 0 saturated carbocycles. The third-order valence-electron chi connectivity index (χ3n) is 3.38. The highest BCUT2D eigenvalue weighted by Crippen LogP contribution is 2.25. The van der Waals surface area contributed by atoms with Crippen LogP contribution in [0, 0.1) is 10.1 Å². The van der Waals surface area contributed by atoms with Crippen molar-refractivity contribution in [2.24, 2.45) is 0 Å². The molecule has 0 bridgehead atoms. The Hall–Kier alpha value is -1.95. The number of nitro groups is 1. The second kappa shape index (κ2) is 7.89. The number of nitro benzene ring substituents is 1. The maximum absolute atomic E-state index is 10.9. The Bertz CT molecular complexity index is 635. The second-order valence-corrected chi connectivity index (χ2v) is 5.31. The van der Waals surface area contributed by atoms with Gasteiger partial charge < -0.3 is 10.4 Å². The monoisotopic (exact) mass is 320 g/mol. The Balaban J connectivity index is 2.10. The lowest BCUT2D eigenvalue weighted by molar-refractivity contribution is -0.384. The molecule has 2 N–H and O–H groups in total. The van der Waals surface area contributed by atoms with Gasteiger partial charge in [0.05, 0.1) is 4.92 Å².